The molecule has 0 spiro atoms. The molecule has 1 aliphatic heterocycles. The summed E-state index contributed by atoms with van der Waals surface area (Å²) in [5.74, 6) is -1.82. The molecule has 1 rings (SSSR count). The number of piperidine rings is 1. The maximum absolute atomic E-state index is 12.0. The average Bonchev–Trinajstić information content (AvgIpc) is 2.19. The van der Waals surface area contributed by atoms with Gasteiger partial charge in [0.05, 0.1) is 0 Å². The van der Waals surface area contributed by atoms with Gasteiger partial charge < -0.3 is 5.11 Å². The fourth-order valence-electron chi connectivity index (χ4n) is 2.30. The number of nitrogens with zero attached hydrogens (tertiary/aromatic N) is 1. The Labute approximate surface area is 107 Å². The van der Waals surface area contributed by atoms with E-state index in [4.69, 9.17) is 0 Å². The van der Waals surface area contributed by atoms with Crippen LogP contribution in [0.25, 0.3) is 0 Å². The third-order valence-electron chi connectivity index (χ3n) is 3.22. The number of carbonyl (C=O) groups excluding carboxylic acids is 2. The van der Waals surface area contributed by atoms with Crippen molar-refractivity contribution in [2.75, 3.05) is 0 Å². The van der Waals surface area contributed by atoms with Crippen LogP contribution in [0.15, 0.2) is 0 Å². The summed E-state index contributed by atoms with van der Waals surface area (Å²) in [5.41, 5.74) is -0.363. The van der Waals surface area contributed by atoms with Crippen molar-refractivity contribution in [3.8, 4) is 0 Å². The summed E-state index contributed by atoms with van der Waals surface area (Å²) in [6.45, 7) is 5.64. The van der Waals surface area contributed by atoms with Crippen LogP contribution in [0, 0.1) is 5.41 Å². The highest BCUT2D eigenvalue weighted by Gasteiger charge is 2.42. The summed E-state index contributed by atoms with van der Waals surface area (Å²) in [6.07, 6.45) is 2.33. The zero-order chi connectivity index (χ0) is 13.9. The fraction of sp³-hybridized carbons (Fsp3) is 0.769. The topological polar surface area (TPSA) is 74.7 Å². The van der Waals surface area contributed by atoms with Crippen molar-refractivity contribution in [2.24, 2.45) is 5.41 Å². The first kappa shape index (κ1) is 14.7. The molecule has 0 aliphatic carbocycles. The Balaban J connectivity index is 2.88. The Kier molecular flexibility index (Phi) is 4.48. The number of imide groups is 1. The molecule has 0 aromatic rings. The first-order valence-corrected chi connectivity index (χ1v) is 6.36. The van der Waals surface area contributed by atoms with Gasteiger partial charge in [-0.1, -0.05) is 33.6 Å². The number of carboxylic acid groups (broad SMARTS) is 1. The van der Waals surface area contributed by atoms with Crippen molar-refractivity contribution >= 4 is 17.8 Å². The standard InChI is InChI=1S/C13H21NO4/c1-4-5-6-9(12(17)18)14-10(15)7-13(2,3)8-11(14)16/h9H,4-8H2,1-3H3,(H,17,18). The Bertz CT molecular complexity index is 342. The minimum atomic E-state index is -1.09. The molecular weight excluding hydrogens is 234 g/mol. The Morgan fingerprint density at radius 2 is 1.83 bits per heavy atom. The lowest BCUT2D eigenvalue weighted by Crippen LogP contribution is -2.53. The molecule has 102 valence electrons. The van der Waals surface area contributed by atoms with Crippen LogP contribution in [0.4, 0.5) is 0 Å². The molecule has 1 heterocycles. The minimum Gasteiger partial charge on any atom is -0.480 e. The van der Waals surface area contributed by atoms with Gasteiger partial charge >= 0.3 is 5.97 Å². The van der Waals surface area contributed by atoms with E-state index in [2.05, 4.69) is 0 Å². The summed E-state index contributed by atoms with van der Waals surface area (Å²) >= 11 is 0. The van der Waals surface area contributed by atoms with E-state index < -0.39 is 12.0 Å². The van der Waals surface area contributed by atoms with Crippen LogP contribution < -0.4 is 0 Å². The SMILES string of the molecule is CCCCC(C(=O)O)N1C(=O)CC(C)(C)CC1=O. The lowest BCUT2D eigenvalue weighted by Gasteiger charge is -2.37. The highest BCUT2D eigenvalue weighted by atomic mass is 16.4. The molecule has 0 bridgehead atoms. The van der Waals surface area contributed by atoms with Crippen molar-refractivity contribution in [1.29, 1.82) is 0 Å². The maximum atomic E-state index is 12.0. The predicted molar refractivity (Wildman–Crippen MR) is 65.8 cm³/mol. The van der Waals surface area contributed by atoms with Gasteiger partial charge in [-0.05, 0) is 11.8 Å². The smallest absolute Gasteiger partial charge is 0.326 e. The number of aliphatic carboxylic acids is 1. The fourth-order valence-corrected chi connectivity index (χ4v) is 2.30. The van der Waals surface area contributed by atoms with Gasteiger partial charge in [-0.25, -0.2) is 4.79 Å². The van der Waals surface area contributed by atoms with Gasteiger partial charge in [0.25, 0.3) is 0 Å². The van der Waals surface area contributed by atoms with Gasteiger partial charge in [0.15, 0.2) is 0 Å². The zero-order valence-corrected chi connectivity index (χ0v) is 11.2. The van der Waals surface area contributed by atoms with Crippen LogP contribution >= 0.6 is 0 Å². The Hall–Kier alpha value is -1.39. The molecule has 0 radical (unpaired) electrons. The number of carboxylic acids is 1. The molecule has 1 saturated heterocycles. The number of unbranched alkanes of at least 4 members (excludes halogenated alkanes) is 1. The molecule has 1 aliphatic rings. The highest BCUT2D eigenvalue weighted by Crippen LogP contribution is 2.33. The minimum absolute atomic E-state index is 0.231. The molecule has 0 aromatic carbocycles. The zero-order valence-electron chi connectivity index (χ0n) is 11.2. The number of rotatable bonds is 5. The molecule has 5 nitrogen and oxygen atoms in total. The van der Waals surface area contributed by atoms with Crippen molar-refractivity contribution in [3.05, 3.63) is 0 Å². The number of carbonyl (C=O) groups is 3. The third kappa shape index (κ3) is 3.31. The first-order valence-electron chi connectivity index (χ1n) is 6.36. The van der Waals surface area contributed by atoms with E-state index in [0.717, 1.165) is 11.3 Å². The Morgan fingerprint density at radius 1 is 1.33 bits per heavy atom. The second-order valence-corrected chi connectivity index (χ2v) is 5.67. The summed E-state index contributed by atoms with van der Waals surface area (Å²) in [7, 11) is 0. The van der Waals surface area contributed by atoms with E-state index in [9.17, 15) is 19.5 Å². The van der Waals surface area contributed by atoms with E-state index in [1.54, 1.807) is 0 Å². The number of hydrogen-bond donors (Lipinski definition) is 1. The van der Waals surface area contributed by atoms with Crippen molar-refractivity contribution in [1.82, 2.24) is 4.90 Å². The number of likely N-dealkylation sites (tertiary alicyclic amines) is 1. The summed E-state index contributed by atoms with van der Waals surface area (Å²) < 4.78 is 0. The number of hydrogen-bond acceptors (Lipinski definition) is 3. The van der Waals surface area contributed by atoms with Crippen LogP contribution in [-0.4, -0.2) is 33.8 Å². The lowest BCUT2D eigenvalue weighted by molar-refractivity contribution is -0.163. The number of amides is 2. The molecule has 1 N–H and O–H groups in total. The molecule has 18 heavy (non-hydrogen) atoms. The molecular formula is C13H21NO4. The first-order chi connectivity index (χ1) is 8.28. The molecule has 5 heteroatoms. The predicted octanol–water partition coefficient (Wildman–Crippen LogP) is 1.80. The largest absolute Gasteiger partial charge is 0.480 e. The van der Waals surface area contributed by atoms with Gasteiger partial charge in [-0.2, -0.15) is 0 Å². The normalized spacial score (nSPS) is 20.9. The summed E-state index contributed by atoms with van der Waals surface area (Å²) in [5, 5.41) is 9.17. The summed E-state index contributed by atoms with van der Waals surface area (Å²) in [4.78, 5) is 36.1. The van der Waals surface area contributed by atoms with E-state index in [1.165, 1.54) is 0 Å². The highest BCUT2D eigenvalue weighted by molar-refractivity contribution is 6.01. The average molecular weight is 255 g/mol. The van der Waals surface area contributed by atoms with Crippen molar-refractivity contribution in [2.45, 2.75) is 58.9 Å². The van der Waals surface area contributed by atoms with Gasteiger partial charge in [-0.15, -0.1) is 0 Å². The molecule has 1 atom stereocenters. The van der Waals surface area contributed by atoms with Gasteiger partial charge in [0, 0.05) is 12.8 Å². The van der Waals surface area contributed by atoms with Gasteiger partial charge in [0.1, 0.15) is 6.04 Å². The van der Waals surface area contributed by atoms with E-state index in [0.29, 0.717) is 12.8 Å². The van der Waals surface area contributed by atoms with Crippen LogP contribution in [0.2, 0.25) is 0 Å². The van der Waals surface area contributed by atoms with Crippen LogP contribution in [-0.2, 0) is 14.4 Å². The molecule has 0 saturated carbocycles. The molecule has 0 aromatic heterocycles. The van der Waals surface area contributed by atoms with Gasteiger partial charge in [0.2, 0.25) is 11.8 Å². The van der Waals surface area contributed by atoms with Crippen LogP contribution in [0.3, 0.4) is 0 Å². The molecule has 2 amide bonds. The van der Waals surface area contributed by atoms with Crippen molar-refractivity contribution in [3.63, 3.8) is 0 Å². The van der Waals surface area contributed by atoms with Crippen LogP contribution in [0.1, 0.15) is 52.9 Å². The van der Waals surface area contributed by atoms with Crippen molar-refractivity contribution < 1.29 is 19.5 Å². The van der Waals surface area contributed by atoms with Crippen LogP contribution in [0.5, 0.6) is 0 Å². The second kappa shape index (κ2) is 5.50. The third-order valence-corrected chi connectivity index (χ3v) is 3.22. The lowest BCUT2D eigenvalue weighted by atomic mass is 9.81. The Morgan fingerprint density at radius 3 is 2.22 bits per heavy atom. The molecule has 1 unspecified atom stereocenters. The maximum Gasteiger partial charge on any atom is 0.326 e. The van der Waals surface area contributed by atoms with E-state index >= 15 is 0 Å². The molecule has 1 fully saturated rings. The summed E-state index contributed by atoms with van der Waals surface area (Å²) in [6, 6.07) is -0.999. The second-order valence-electron chi connectivity index (χ2n) is 5.67. The van der Waals surface area contributed by atoms with E-state index in [1.807, 2.05) is 20.8 Å². The van der Waals surface area contributed by atoms with E-state index in [-0.39, 0.29) is 30.1 Å². The monoisotopic (exact) mass is 255 g/mol. The quantitative estimate of drug-likeness (QED) is 0.760. The van der Waals surface area contributed by atoms with Gasteiger partial charge in [-0.3, -0.25) is 14.5 Å².